The number of methoxy groups -OCH3 is 1. The van der Waals surface area contributed by atoms with Crippen molar-refractivity contribution in [2.45, 2.75) is 52.6 Å². The van der Waals surface area contributed by atoms with Crippen molar-refractivity contribution in [3.05, 3.63) is 54.1 Å². The number of carbonyl (C=O) groups excluding carboxylic acids is 1. The van der Waals surface area contributed by atoms with E-state index in [0.717, 1.165) is 22.5 Å². The highest BCUT2D eigenvalue weighted by Crippen LogP contribution is 2.32. The van der Waals surface area contributed by atoms with Crippen LogP contribution in [0.25, 0.3) is 22.2 Å². The average molecular weight is 379 g/mol. The summed E-state index contributed by atoms with van der Waals surface area (Å²) in [5.74, 6) is 1.04. The third-order valence-electron chi connectivity index (χ3n) is 5.18. The number of nitrogens with zero attached hydrogens (tertiary/aromatic N) is 1. The number of aromatic nitrogens is 1. The first kappa shape index (κ1) is 20.0. The van der Waals surface area contributed by atoms with E-state index in [1.54, 1.807) is 7.11 Å². The van der Waals surface area contributed by atoms with Gasteiger partial charge in [-0.1, -0.05) is 18.2 Å². The fourth-order valence-electron chi connectivity index (χ4n) is 4.00. The maximum Gasteiger partial charge on any atom is 0.223 e. The first-order valence-corrected chi connectivity index (χ1v) is 9.97. The van der Waals surface area contributed by atoms with E-state index in [1.165, 1.54) is 10.9 Å². The number of fused-ring (bicyclic) bond motifs is 1. The average Bonchev–Trinajstić information content (AvgIpc) is 3.04. The highest BCUT2D eigenvalue weighted by Gasteiger charge is 2.21. The van der Waals surface area contributed by atoms with Crippen LogP contribution in [0.2, 0.25) is 0 Å². The van der Waals surface area contributed by atoms with Crippen molar-refractivity contribution in [3.63, 3.8) is 0 Å². The molecular weight excluding hydrogens is 348 g/mol. The summed E-state index contributed by atoms with van der Waals surface area (Å²) >= 11 is 0. The van der Waals surface area contributed by atoms with Crippen molar-refractivity contribution < 1.29 is 9.53 Å². The van der Waals surface area contributed by atoms with Gasteiger partial charge in [0.15, 0.2) is 0 Å². The van der Waals surface area contributed by atoms with Gasteiger partial charge in [0.1, 0.15) is 5.75 Å². The Labute approximate surface area is 167 Å². The lowest BCUT2D eigenvalue weighted by molar-refractivity contribution is -0.134. The Hall–Kier alpha value is -2.75. The van der Waals surface area contributed by atoms with E-state index in [2.05, 4.69) is 56.9 Å². The highest BCUT2D eigenvalue weighted by molar-refractivity contribution is 5.91. The molecule has 4 heteroatoms. The molecule has 3 rings (SSSR count). The number of H-pyrrole nitrogens is 1. The second-order valence-electron chi connectivity index (χ2n) is 7.74. The zero-order valence-corrected chi connectivity index (χ0v) is 17.5. The van der Waals surface area contributed by atoms with Gasteiger partial charge in [-0.25, -0.2) is 0 Å². The van der Waals surface area contributed by atoms with Gasteiger partial charge in [0.25, 0.3) is 0 Å². The predicted molar refractivity (Wildman–Crippen MR) is 116 cm³/mol. The summed E-state index contributed by atoms with van der Waals surface area (Å²) in [6, 6.07) is 16.8. The van der Waals surface area contributed by atoms with Gasteiger partial charge in [-0.15, -0.1) is 0 Å². The number of ether oxygens (including phenoxy) is 1. The van der Waals surface area contributed by atoms with Crippen LogP contribution in [-0.2, 0) is 11.2 Å². The van der Waals surface area contributed by atoms with E-state index in [4.69, 9.17) is 4.74 Å². The lowest BCUT2D eigenvalue weighted by Crippen LogP contribution is -2.42. The van der Waals surface area contributed by atoms with Crippen LogP contribution < -0.4 is 4.74 Å². The Balaban J connectivity index is 1.94. The van der Waals surface area contributed by atoms with Gasteiger partial charge < -0.3 is 14.6 Å². The fourth-order valence-corrected chi connectivity index (χ4v) is 4.00. The molecule has 2 aromatic carbocycles. The van der Waals surface area contributed by atoms with Gasteiger partial charge in [0.05, 0.1) is 7.11 Å². The minimum absolute atomic E-state index is 0.205. The number of benzene rings is 2. The van der Waals surface area contributed by atoms with Crippen molar-refractivity contribution >= 4 is 16.8 Å². The molecule has 148 valence electrons. The van der Waals surface area contributed by atoms with E-state index in [0.29, 0.717) is 12.8 Å². The van der Waals surface area contributed by atoms with Gasteiger partial charge >= 0.3 is 0 Å². The van der Waals surface area contributed by atoms with Crippen LogP contribution in [0.15, 0.2) is 48.5 Å². The molecule has 0 bridgehead atoms. The summed E-state index contributed by atoms with van der Waals surface area (Å²) in [6.45, 7) is 8.30. The Kier molecular flexibility index (Phi) is 6.08. The van der Waals surface area contributed by atoms with E-state index in [9.17, 15) is 4.79 Å². The molecule has 0 aliphatic rings. The number of hydrogen-bond donors (Lipinski definition) is 1. The van der Waals surface area contributed by atoms with Crippen LogP contribution in [0, 0.1) is 0 Å². The molecule has 0 fully saturated rings. The zero-order chi connectivity index (χ0) is 20.3. The summed E-state index contributed by atoms with van der Waals surface area (Å²) < 4.78 is 5.28. The molecule has 0 saturated heterocycles. The molecule has 0 unspecified atom stereocenters. The Bertz CT molecular complexity index is 931. The summed E-state index contributed by atoms with van der Waals surface area (Å²) in [4.78, 5) is 18.4. The number of rotatable bonds is 7. The Morgan fingerprint density at radius 1 is 1.00 bits per heavy atom. The van der Waals surface area contributed by atoms with Crippen molar-refractivity contribution in [3.8, 4) is 17.0 Å². The second kappa shape index (κ2) is 8.51. The molecule has 28 heavy (non-hydrogen) atoms. The number of para-hydroxylation sites is 1. The predicted octanol–water partition coefficient (Wildman–Crippen LogP) is 5.42. The maximum absolute atomic E-state index is 12.9. The molecule has 0 aliphatic carbocycles. The molecule has 0 radical (unpaired) electrons. The van der Waals surface area contributed by atoms with Gasteiger partial charge in [-0.2, -0.15) is 0 Å². The molecule has 0 aliphatic heterocycles. The normalized spacial score (nSPS) is 11.4. The van der Waals surface area contributed by atoms with Crippen LogP contribution in [-0.4, -0.2) is 35.0 Å². The van der Waals surface area contributed by atoms with Crippen molar-refractivity contribution in [2.24, 2.45) is 0 Å². The standard InChI is InChI=1S/C24H30N2O2/c1-16(2)26(17(3)4)23(27)15-14-21-20-8-6-7-9-22(20)25-24(21)18-10-12-19(28-5)13-11-18/h6-13,16-17,25H,14-15H2,1-5H3. The molecule has 3 aromatic rings. The van der Waals surface area contributed by atoms with E-state index in [1.807, 2.05) is 29.2 Å². The van der Waals surface area contributed by atoms with Gasteiger partial charge in [-0.05, 0) is 75.6 Å². The Morgan fingerprint density at radius 3 is 2.25 bits per heavy atom. The third-order valence-corrected chi connectivity index (χ3v) is 5.18. The molecule has 0 saturated carbocycles. The summed E-state index contributed by atoms with van der Waals surface area (Å²) in [7, 11) is 1.67. The number of hydrogen-bond acceptors (Lipinski definition) is 2. The maximum atomic E-state index is 12.9. The van der Waals surface area contributed by atoms with Crippen LogP contribution in [0.1, 0.15) is 39.7 Å². The number of aromatic amines is 1. The summed E-state index contributed by atoms with van der Waals surface area (Å²) in [5, 5.41) is 1.18. The second-order valence-corrected chi connectivity index (χ2v) is 7.74. The van der Waals surface area contributed by atoms with Crippen LogP contribution in [0.5, 0.6) is 5.75 Å². The summed E-state index contributed by atoms with van der Waals surface area (Å²) in [5.41, 5.74) is 4.48. The lowest BCUT2D eigenvalue weighted by Gasteiger charge is -2.31. The monoisotopic (exact) mass is 378 g/mol. The fraction of sp³-hybridized carbons (Fsp3) is 0.375. The quantitative estimate of drug-likeness (QED) is 0.596. The topological polar surface area (TPSA) is 45.3 Å². The number of carbonyl (C=O) groups is 1. The van der Waals surface area contributed by atoms with Crippen LogP contribution in [0.4, 0.5) is 0 Å². The smallest absolute Gasteiger partial charge is 0.223 e. The molecule has 1 aromatic heterocycles. The lowest BCUT2D eigenvalue weighted by atomic mass is 10.0. The van der Waals surface area contributed by atoms with Crippen LogP contribution >= 0.6 is 0 Å². The largest absolute Gasteiger partial charge is 0.497 e. The van der Waals surface area contributed by atoms with Crippen molar-refractivity contribution in [2.75, 3.05) is 7.11 Å². The van der Waals surface area contributed by atoms with Crippen LogP contribution in [0.3, 0.4) is 0 Å². The molecule has 0 spiro atoms. The molecule has 1 N–H and O–H groups in total. The highest BCUT2D eigenvalue weighted by atomic mass is 16.5. The van der Waals surface area contributed by atoms with E-state index >= 15 is 0 Å². The first-order chi connectivity index (χ1) is 13.4. The molecule has 0 atom stereocenters. The van der Waals surface area contributed by atoms with E-state index in [-0.39, 0.29) is 18.0 Å². The minimum Gasteiger partial charge on any atom is -0.497 e. The third kappa shape index (κ3) is 4.06. The Morgan fingerprint density at radius 2 is 1.64 bits per heavy atom. The zero-order valence-electron chi connectivity index (χ0n) is 17.5. The van der Waals surface area contributed by atoms with Gasteiger partial charge in [0.2, 0.25) is 5.91 Å². The van der Waals surface area contributed by atoms with Crippen molar-refractivity contribution in [1.29, 1.82) is 0 Å². The molecule has 1 amide bonds. The molecule has 1 heterocycles. The SMILES string of the molecule is COc1ccc(-c2[nH]c3ccccc3c2CCC(=O)N(C(C)C)C(C)C)cc1. The number of nitrogens with one attached hydrogen (secondary N) is 1. The minimum atomic E-state index is 0.205. The van der Waals surface area contributed by atoms with E-state index < -0.39 is 0 Å². The first-order valence-electron chi connectivity index (χ1n) is 9.97. The number of aryl methyl sites for hydroxylation is 1. The molecular formula is C24H30N2O2. The van der Waals surface area contributed by atoms with Crippen molar-refractivity contribution in [1.82, 2.24) is 9.88 Å². The number of amides is 1. The van der Waals surface area contributed by atoms with Gasteiger partial charge in [0, 0.05) is 35.1 Å². The summed E-state index contributed by atoms with van der Waals surface area (Å²) in [6.07, 6.45) is 1.21. The molecule has 4 nitrogen and oxygen atoms in total. The van der Waals surface area contributed by atoms with Gasteiger partial charge in [-0.3, -0.25) is 4.79 Å².